The van der Waals surface area contributed by atoms with E-state index < -0.39 is 22.4 Å². The third-order valence-electron chi connectivity index (χ3n) is 2.73. The Balaban J connectivity index is 2.05. The molecule has 1 aliphatic rings. The van der Waals surface area contributed by atoms with Gasteiger partial charge in [-0.1, -0.05) is 0 Å². The van der Waals surface area contributed by atoms with Crippen LogP contribution in [0.25, 0.3) is 0 Å². The summed E-state index contributed by atoms with van der Waals surface area (Å²) in [5.41, 5.74) is 5.82. The van der Waals surface area contributed by atoms with Crippen molar-refractivity contribution in [1.82, 2.24) is 0 Å². The Kier molecular flexibility index (Phi) is 3.35. The molecule has 16 heavy (non-hydrogen) atoms. The molecule has 0 bridgehead atoms. The van der Waals surface area contributed by atoms with Crippen LogP contribution >= 0.6 is 0 Å². The highest BCUT2D eigenvalue weighted by molar-refractivity contribution is 7.85. The third-order valence-corrected chi connectivity index (χ3v) is 4.19. The van der Waals surface area contributed by atoms with E-state index >= 15 is 0 Å². The number of benzene rings is 1. The number of halogens is 2. The molecule has 2 nitrogen and oxygen atoms in total. The summed E-state index contributed by atoms with van der Waals surface area (Å²) < 4.78 is 37.4. The van der Waals surface area contributed by atoms with Gasteiger partial charge in [-0.2, -0.15) is 0 Å². The lowest BCUT2D eigenvalue weighted by atomic mass is 10.2. The smallest absolute Gasteiger partial charge is 0.160 e. The molecule has 2 rings (SSSR count). The van der Waals surface area contributed by atoms with Crippen molar-refractivity contribution in [2.45, 2.75) is 23.8 Å². The van der Waals surface area contributed by atoms with Crippen LogP contribution < -0.4 is 5.73 Å². The minimum absolute atomic E-state index is 0.103. The van der Waals surface area contributed by atoms with E-state index in [0.717, 1.165) is 25.0 Å². The summed E-state index contributed by atoms with van der Waals surface area (Å²) in [7, 11) is -1.34. The van der Waals surface area contributed by atoms with E-state index in [2.05, 4.69) is 0 Å². The molecule has 88 valence electrons. The highest BCUT2D eigenvalue weighted by Crippen LogP contribution is 2.32. The van der Waals surface area contributed by atoms with Gasteiger partial charge in [0.2, 0.25) is 0 Å². The first-order valence-corrected chi connectivity index (χ1v) is 6.49. The first-order chi connectivity index (χ1) is 7.58. The van der Waals surface area contributed by atoms with Gasteiger partial charge in [-0.3, -0.25) is 4.21 Å². The highest BCUT2D eigenvalue weighted by Gasteiger charge is 2.29. The Labute approximate surface area is 95.3 Å². The fraction of sp³-hybridized carbons (Fsp3) is 0.455. The van der Waals surface area contributed by atoms with Crippen LogP contribution in [-0.2, 0) is 10.8 Å². The second-order valence-corrected chi connectivity index (χ2v) is 5.59. The lowest BCUT2D eigenvalue weighted by molar-refractivity contribution is 0.505. The summed E-state index contributed by atoms with van der Waals surface area (Å²) >= 11 is 0. The molecule has 0 aliphatic heterocycles. The van der Waals surface area contributed by atoms with Crippen molar-refractivity contribution < 1.29 is 13.0 Å². The standard InChI is InChI=1S/C11H13F2NOS/c12-9-4-3-8(5-10(9)13)16(15)6-11(14)7-1-2-7/h3-5,7,11H,1-2,6,14H2. The first kappa shape index (κ1) is 11.7. The summed E-state index contributed by atoms with van der Waals surface area (Å²) in [4.78, 5) is 0.301. The zero-order valence-electron chi connectivity index (χ0n) is 8.66. The fourth-order valence-electron chi connectivity index (χ4n) is 1.55. The molecular formula is C11H13F2NOS. The molecule has 1 aliphatic carbocycles. The Bertz CT molecular complexity index is 420. The van der Waals surface area contributed by atoms with Gasteiger partial charge in [0.05, 0.1) is 10.8 Å². The second kappa shape index (κ2) is 4.59. The van der Waals surface area contributed by atoms with E-state index in [1.165, 1.54) is 6.07 Å². The monoisotopic (exact) mass is 245 g/mol. The fourth-order valence-corrected chi connectivity index (χ4v) is 2.82. The van der Waals surface area contributed by atoms with Crippen molar-refractivity contribution in [2.24, 2.45) is 11.7 Å². The molecule has 1 aromatic rings. The van der Waals surface area contributed by atoms with E-state index in [4.69, 9.17) is 5.73 Å². The van der Waals surface area contributed by atoms with Crippen molar-refractivity contribution in [3.8, 4) is 0 Å². The predicted octanol–water partition coefficient (Wildman–Crippen LogP) is 1.81. The maximum atomic E-state index is 12.9. The molecule has 0 aromatic heterocycles. The normalized spacial score (nSPS) is 19.4. The molecule has 0 radical (unpaired) electrons. The van der Waals surface area contributed by atoms with Crippen LogP contribution in [0.15, 0.2) is 23.1 Å². The maximum Gasteiger partial charge on any atom is 0.160 e. The summed E-state index contributed by atoms with van der Waals surface area (Å²) in [6, 6.07) is 3.21. The van der Waals surface area contributed by atoms with Gasteiger partial charge in [0.1, 0.15) is 0 Å². The topological polar surface area (TPSA) is 43.1 Å². The molecule has 2 N–H and O–H groups in total. The van der Waals surface area contributed by atoms with E-state index in [1.807, 2.05) is 0 Å². The number of hydrogen-bond acceptors (Lipinski definition) is 2. The minimum Gasteiger partial charge on any atom is -0.327 e. The van der Waals surface area contributed by atoms with Gasteiger partial charge in [-0.05, 0) is 37.0 Å². The van der Waals surface area contributed by atoms with Crippen LogP contribution in [0.3, 0.4) is 0 Å². The van der Waals surface area contributed by atoms with Gasteiger partial charge in [0, 0.05) is 16.7 Å². The van der Waals surface area contributed by atoms with Gasteiger partial charge in [-0.15, -0.1) is 0 Å². The molecule has 0 amide bonds. The molecular weight excluding hydrogens is 232 g/mol. The summed E-state index contributed by atoms with van der Waals surface area (Å²) in [5.74, 6) is -1.12. The Morgan fingerprint density at radius 1 is 1.38 bits per heavy atom. The van der Waals surface area contributed by atoms with Gasteiger partial charge >= 0.3 is 0 Å². The molecule has 0 spiro atoms. The summed E-state index contributed by atoms with van der Waals surface area (Å²) in [6.07, 6.45) is 2.16. The second-order valence-electron chi connectivity index (χ2n) is 4.09. The zero-order valence-corrected chi connectivity index (χ0v) is 9.47. The molecule has 1 aromatic carbocycles. The number of hydrogen-bond donors (Lipinski definition) is 1. The SMILES string of the molecule is NC(CS(=O)c1ccc(F)c(F)c1)C1CC1. The average molecular weight is 245 g/mol. The van der Waals surface area contributed by atoms with Crippen LogP contribution in [0.5, 0.6) is 0 Å². The van der Waals surface area contributed by atoms with Crippen molar-refractivity contribution in [2.75, 3.05) is 5.75 Å². The number of rotatable bonds is 4. The highest BCUT2D eigenvalue weighted by atomic mass is 32.2. The molecule has 5 heteroatoms. The molecule has 1 saturated carbocycles. The van der Waals surface area contributed by atoms with Crippen molar-refractivity contribution in [3.05, 3.63) is 29.8 Å². The first-order valence-electron chi connectivity index (χ1n) is 5.17. The Morgan fingerprint density at radius 2 is 2.06 bits per heavy atom. The van der Waals surface area contributed by atoms with Crippen molar-refractivity contribution >= 4 is 10.8 Å². The molecule has 0 saturated heterocycles. The van der Waals surface area contributed by atoms with Gasteiger partial charge < -0.3 is 5.73 Å². The maximum absolute atomic E-state index is 12.9. The zero-order chi connectivity index (χ0) is 11.7. The van der Waals surface area contributed by atoms with E-state index in [1.54, 1.807) is 0 Å². The molecule has 2 unspecified atom stereocenters. The van der Waals surface area contributed by atoms with Gasteiger partial charge in [0.15, 0.2) is 11.6 Å². The lowest BCUT2D eigenvalue weighted by Gasteiger charge is -2.09. The molecule has 2 atom stereocenters. The van der Waals surface area contributed by atoms with E-state index in [9.17, 15) is 13.0 Å². The molecule has 0 heterocycles. The minimum atomic E-state index is -1.34. The van der Waals surface area contributed by atoms with Crippen molar-refractivity contribution in [1.29, 1.82) is 0 Å². The molecule has 1 fully saturated rings. The van der Waals surface area contributed by atoms with Gasteiger partial charge in [-0.25, -0.2) is 8.78 Å². The average Bonchev–Trinajstić information content (AvgIpc) is 3.05. The Morgan fingerprint density at radius 3 is 2.62 bits per heavy atom. The van der Waals surface area contributed by atoms with Crippen LogP contribution in [0.2, 0.25) is 0 Å². The number of nitrogens with two attached hydrogens (primary N) is 1. The van der Waals surface area contributed by atoms with Crippen LogP contribution in [0.1, 0.15) is 12.8 Å². The van der Waals surface area contributed by atoms with E-state index in [0.29, 0.717) is 16.6 Å². The lowest BCUT2D eigenvalue weighted by Crippen LogP contribution is -2.29. The van der Waals surface area contributed by atoms with Crippen LogP contribution in [0, 0.1) is 17.6 Å². The van der Waals surface area contributed by atoms with Crippen LogP contribution in [-0.4, -0.2) is 16.0 Å². The predicted molar refractivity (Wildman–Crippen MR) is 58.3 cm³/mol. The largest absolute Gasteiger partial charge is 0.327 e. The van der Waals surface area contributed by atoms with E-state index in [-0.39, 0.29) is 6.04 Å². The quantitative estimate of drug-likeness (QED) is 0.879. The van der Waals surface area contributed by atoms with Gasteiger partial charge in [0.25, 0.3) is 0 Å². The summed E-state index contributed by atoms with van der Waals surface area (Å²) in [6.45, 7) is 0. The third kappa shape index (κ3) is 2.65. The van der Waals surface area contributed by atoms with Crippen LogP contribution in [0.4, 0.5) is 8.78 Å². The Hall–Kier alpha value is -0.810. The summed E-state index contributed by atoms with van der Waals surface area (Å²) in [5, 5.41) is 0. The van der Waals surface area contributed by atoms with Crippen molar-refractivity contribution in [3.63, 3.8) is 0 Å².